The molecule has 1 amide bonds. The maximum absolute atomic E-state index is 13.2. The van der Waals surface area contributed by atoms with Crippen LogP contribution < -0.4 is 5.32 Å². The van der Waals surface area contributed by atoms with Crippen molar-refractivity contribution in [3.05, 3.63) is 90.6 Å². The number of aryl methyl sites for hydroxylation is 1. The summed E-state index contributed by atoms with van der Waals surface area (Å²) in [6.07, 6.45) is 3.31. The third kappa shape index (κ3) is 3.76. The molecule has 5 rings (SSSR count). The van der Waals surface area contributed by atoms with E-state index in [4.69, 9.17) is 4.42 Å². The normalized spacial score (nSPS) is 10.9. The van der Waals surface area contributed by atoms with Gasteiger partial charge in [0.05, 0.1) is 28.2 Å². The fourth-order valence-corrected chi connectivity index (χ4v) is 4.14. The summed E-state index contributed by atoms with van der Waals surface area (Å²) in [6, 6.07) is 20.5. The van der Waals surface area contributed by atoms with Gasteiger partial charge in [0.1, 0.15) is 11.4 Å². The molecule has 0 spiro atoms. The van der Waals surface area contributed by atoms with Gasteiger partial charge in [0.2, 0.25) is 0 Å². The smallest absolute Gasteiger partial charge is 0.276 e. The fraction of sp³-hybridized carbons (Fsp3) is 0.0435. The van der Waals surface area contributed by atoms with Crippen molar-refractivity contribution in [1.82, 2.24) is 19.7 Å². The third-order valence-corrected chi connectivity index (χ3v) is 5.73. The highest BCUT2D eigenvalue weighted by Gasteiger charge is 2.20. The van der Waals surface area contributed by atoms with Crippen LogP contribution in [-0.2, 0) is 0 Å². The van der Waals surface area contributed by atoms with Gasteiger partial charge in [0.15, 0.2) is 10.9 Å². The highest BCUT2D eigenvalue weighted by molar-refractivity contribution is 7.19. The van der Waals surface area contributed by atoms with E-state index >= 15 is 0 Å². The van der Waals surface area contributed by atoms with E-state index in [-0.39, 0.29) is 5.91 Å². The lowest BCUT2D eigenvalue weighted by Crippen LogP contribution is -2.16. The number of nitrogens with one attached hydrogen (secondary N) is 1. The third-order valence-electron chi connectivity index (χ3n) is 4.63. The second-order valence-electron chi connectivity index (χ2n) is 6.74. The number of para-hydroxylation sites is 1. The number of aromatic nitrogens is 4. The summed E-state index contributed by atoms with van der Waals surface area (Å²) in [6.45, 7) is 1.90. The Morgan fingerprint density at radius 2 is 1.87 bits per heavy atom. The van der Waals surface area contributed by atoms with Crippen LogP contribution in [-0.4, -0.2) is 25.7 Å². The number of furan rings is 1. The van der Waals surface area contributed by atoms with Crippen molar-refractivity contribution < 1.29 is 9.21 Å². The first-order valence-electron chi connectivity index (χ1n) is 9.58. The number of hydrogen-bond acceptors (Lipinski definition) is 6. The Kier molecular flexibility index (Phi) is 4.89. The van der Waals surface area contributed by atoms with E-state index in [0.29, 0.717) is 22.3 Å². The van der Waals surface area contributed by atoms with Crippen LogP contribution in [0.15, 0.2) is 83.6 Å². The van der Waals surface area contributed by atoms with Crippen molar-refractivity contribution in [2.45, 2.75) is 6.92 Å². The average Bonchev–Trinajstić information content (AvgIpc) is 3.54. The van der Waals surface area contributed by atoms with Gasteiger partial charge in [-0.3, -0.25) is 15.1 Å². The van der Waals surface area contributed by atoms with Gasteiger partial charge in [0, 0.05) is 12.3 Å². The fourth-order valence-electron chi connectivity index (χ4n) is 3.20. The lowest BCUT2D eigenvalue weighted by molar-refractivity contribution is 0.101. The molecule has 1 N–H and O–H groups in total. The van der Waals surface area contributed by atoms with E-state index in [2.05, 4.69) is 20.4 Å². The van der Waals surface area contributed by atoms with Crippen LogP contribution in [0.4, 0.5) is 5.13 Å². The lowest BCUT2D eigenvalue weighted by Gasteiger charge is -2.06. The molecule has 0 aliphatic carbocycles. The molecule has 31 heavy (non-hydrogen) atoms. The van der Waals surface area contributed by atoms with Gasteiger partial charge < -0.3 is 4.42 Å². The van der Waals surface area contributed by atoms with Crippen molar-refractivity contribution in [3.63, 3.8) is 0 Å². The molecule has 5 aromatic rings. The molecule has 4 heterocycles. The average molecular weight is 427 g/mol. The highest BCUT2D eigenvalue weighted by atomic mass is 32.1. The van der Waals surface area contributed by atoms with E-state index in [1.54, 1.807) is 29.3 Å². The largest absolute Gasteiger partial charge is 0.463 e. The van der Waals surface area contributed by atoms with E-state index in [1.165, 1.54) is 11.3 Å². The number of pyridine rings is 1. The summed E-state index contributed by atoms with van der Waals surface area (Å²) in [5.41, 5.74) is 3.36. The lowest BCUT2D eigenvalue weighted by atomic mass is 10.2. The van der Waals surface area contributed by atoms with Gasteiger partial charge in [-0.25, -0.2) is 9.67 Å². The number of carbonyl (C=O) groups is 1. The SMILES string of the molecule is Cc1nc(NC(=O)c2cc(-c3ccco3)nn2-c2ccccc2)sc1-c1ccccn1. The van der Waals surface area contributed by atoms with Crippen LogP contribution in [0.2, 0.25) is 0 Å². The Morgan fingerprint density at radius 1 is 1.03 bits per heavy atom. The second-order valence-corrected chi connectivity index (χ2v) is 7.74. The predicted octanol–water partition coefficient (Wildman–Crippen LogP) is 5.21. The Bertz CT molecular complexity index is 1330. The molecule has 0 aliphatic heterocycles. The van der Waals surface area contributed by atoms with Gasteiger partial charge >= 0.3 is 0 Å². The maximum Gasteiger partial charge on any atom is 0.276 e. The number of thiazole rings is 1. The standard InChI is InChI=1S/C23H17N5O2S/c1-15-21(17-10-5-6-12-24-17)31-23(25-15)26-22(29)19-14-18(20-11-7-13-30-20)27-28(19)16-8-3-2-4-9-16/h2-14H,1H3,(H,25,26,29). The summed E-state index contributed by atoms with van der Waals surface area (Å²) in [4.78, 5) is 23.0. The zero-order valence-corrected chi connectivity index (χ0v) is 17.3. The highest BCUT2D eigenvalue weighted by Crippen LogP contribution is 2.32. The first-order valence-corrected chi connectivity index (χ1v) is 10.4. The van der Waals surface area contributed by atoms with E-state index in [0.717, 1.165) is 22.0 Å². The number of nitrogens with zero attached hydrogens (tertiary/aromatic N) is 4. The van der Waals surface area contributed by atoms with Gasteiger partial charge in [-0.05, 0) is 43.3 Å². The van der Waals surface area contributed by atoms with Crippen LogP contribution in [0.3, 0.4) is 0 Å². The molecule has 0 saturated carbocycles. The van der Waals surface area contributed by atoms with E-state index in [1.807, 2.05) is 61.5 Å². The summed E-state index contributed by atoms with van der Waals surface area (Å²) < 4.78 is 7.07. The molecule has 7 nitrogen and oxygen atoms in total. The van der Waals surface area contributed by atoms with Gasteiger partial charge in [-0.15, -0.1) is 0 Å². The van der Waals surface area contributed by atoms with Gasteiger partial charge in [-0.1, -0.05) is 35.6 Å². The Hall–Kier alpha value is -4.04. The van der Waals surface area contributed by atoms with Crippen LogP contribution in [0.1, 0.15) is 16.2 Å². The first-order chi connectivity index (χ1) is 15.2. The van der Waals surface area contributed by atoms with E-state index in [9.17, 15) is 4.79 Å². The minimum atomic E-state index is -0.310. The summed E-state index contributed by atoms with van der Waals surface area (Å²) in [5, 5.41) is 8.00. The zero-order chi connectivity index (χ0) is 21.2. The molecule has 0 radical (unpaired) electrons. The Morgan fingerprint density at radius 3 is 2.61 bits per heavy atom. The van der Waals surface area contributed by atoms with E-state index < -0.39 is 0 Å². The molecule has 8 heteroatoms. The van der Waals surface area contributed by atoms with Crippen LogP contribution in [0.5, 0.6) is 0 Å². The van der Waals surface area contributed by atoms with Crippen molar-refractivity contribution in [2.75, 3.05) is 5.32 Å². The first kappa shape index (κ1) is 19.0. The van der Waals surface area contributed by atoms with Gasteiger partial charge in [0.25, 0.3) is 5.91 Å². The minimum absolute atomic E-state index is 0.310. The van der Waals surface area contributed by atoms with Crippen molar-refractivity contribution >= 4 is 22.4 Å². The molecule has 0 atom stereocenters. The van der Waals surface area contributed by atoms with Crippen molar-refractivity contribution in [2.24, 2.45) is 0 Å². The molecule has 0 saturated heterocycles. The van der Waals surface area contributed by atoms with Crippen molar-refractivity contribution in [1.29, 1.82) is 0 Å². The predicted molar refractivity (Wildman–Crippen MR) is 119 cm³/mol. The molecule has 1 aromatic carbocycles. The number of amides is 1. The summed E-state index contributed by atoms with van der Waals surface area (Å²) in [5.74, 6) is 0.279. The topological polar surface area (TPSA) is 85.8 Å². The van der Waals surface area contributed by atoms with Crippen LogP contribution in [0.25, 0.3) is 27.7 Å². The van der Waals surface area contributed by atoms with Crippen molar-refractivity contribution in [3.8, 4) is 27.7 Å². The molecule has 0 fully saturated rings. The number of carbonyl (C=O) groups excluding carboxylic acids is 1. The number of hydrogen-bond donors (Lipinski definition) is 1. The quantitative estimate of drug-likeness (QED) is 0.416. The molecular weight excluding hydrogens is 410 g/mol. The Labute approximate surface area is 182 Å². The molecule has 152 valence electrons. The molecule has 4 aromatic heterocycles. The minimum Gasteiger partial charge on any atom is -0.463 e. The monoisotopic (exact) mass is 427 g/mol. The maximum atomic E-state index is 13.2. The Balaban J connectivity index is 1.49. The zero-order valence-electron chi connectivity index (χ0n) is 16.5. The number of anilines is 1. The van der Waals surface area contributed by atoms with Gasteiger partial charge in [-0.2, -0.15) is 5.10 Å². The number of benzene rings is 1. The molecule has 0 bridgehead atoms. The summed E-state index contributed by atoms with van der Waals surface area (Å²) >= 11 is 1.39. The molecule has 0 unspecified atom stereocenters. The second kappa shape index (κ2) is 8.00. The molecule has 0 aliphatic rings. The number of rotatable bonds is 5. The van der Waals surface area contributed by atoms with Crippen LogP contribution >= 0.6 is 11.3 Å². The summed E-state index contributed by atoms with van der Waals surface area (Å²) in [7, 11) is 0. The van der Waals surface area contributed by atoms with Crippen LogP contribution in [0, 0.1) is 6.92 Å². The molecular formula is C23H17N5O2S.